The molecule has 2 N–H and O–H groups in total. The van der Waals surface area contributed by atoms with Crippen molar-refractivity contribution in [2.45, 2.75) is 13.0 Å². The Kier molecular flexibility index (Phi) is 4.31. The Balaban J connectivity index is 2.16. The number of fused-ring (bicyclic) bond motifs is 1. The average Bonchev–Trinajstić information content (AvgIpc) is 3.02. The number of H-pyrrole nitrogens is 1. The zero-order valence-corrected chi connectivity index (χ0v) is 14.1. The van der Waals surface area contributed by atoms with E-state index in [1.54, 1.807) is 28.3 Å². The predicted molar refractivity (Wildman–Crippen MR) is 91.8 cm³/mol. The quantitative estimate of drug-likeness (QED) is 0.751. The molecule has 0 radical (unpaired) electrons. The third-order valence-corrected chi connectivity index (χ3v) is 3.95. The van der Waals surface area contributed by atoms with Gasteiger partial charge in [-0.15, -0.1) is 0 Å². The molecule has 1 aromatic heterocycles. The van der Waals surface area contributed by atoms with Gasteiger partial charge in [-0.3, -0.25) is 0 Å². The van der Waals surface area contributed by atoms with Gasteiger partial charge in [-0.2, -0.15) is 0 Å². The first kappa shape index (κ1) is 16.1. The molecule has 0 aliphatic heterocycles. The number of nitrogens with zero attached hydrogens (tertiary/aromatic N) is 1. The summed E-state index contributed by atoms with van der Waals surface area (Å²) in [5.74, 6) is 2.31. The van der Waals surface area contributed by atoms with Crippen molar-refractivity contribution in [1.82, 2.24) is 9.97 Å². The van der Waals surface area contributed by atoms with Gasteiger partial charge in [0.05, 0.1) is 44.0 Å². The van der Waals surface area contributed by atoms with Gasteiger partial charge in [-0.05, 0) is 36.8 Å². The highest BCUT2D eigenvalue weighted by Gasteiger charge is 2.19. The summed E-state index contributed by atoms with van der Waals surface area (Å²) in [5, 5.41) is 9.73. The summed E-state index contributed by atoms with van der Waals surface area (Å²) >= 11 is 0. The smallest absolute Gasteiger partial charge is 0.204 e. The van der Waals surface area contributed by atoms with E-state index < -0.39 is 6.10 Å². The molecule has 2 aromatic carbocycles. The number of aromatic nitrogens is 2. The topological polar surface area (TPSA) is 76.6 Å². The number of methoxy groups -OCH3 is 3. The van der Waals surface area contributed by atoms with Crippen molar-refractivity contribution in [3.8, 4) is 28.6 Å². The van der Waals surface area contributed by atoms with E-state index in [-0.39, 0.29) is 0 Å². The first-order valence-electron chi connectivity index (χ1n) is 7.56. The van der Waals surface area contributed by atoms with E-state index >= 15 is 0 Å². The Bertz CT molecular complexity index is 871. The molecule has 0 amide bonds. The zero-order valence-electron chi connectivity index (χ0n) is 14.1. The molecule has 1 heterocycles. The number of nitrogens with one attached hydrogen (secondary N) is 1. The molecule has 24 heavy (non-hydrogen) atoms. The fourth-order valence-electron chi connectivity index (χ4n) is 2.70. The molecule has 0 saturated carbocycles. The zero-order chi connectivity index (χ0) is 17.3. The second kappa shape index (κ2) is 6.41. The van der Waals surface area contributed by atoms with Gasteiger partial charge in [-0.25, -0.2) is 4.98 Å². The van der Waals surface area contributed by atoms with Crippen molar-refractivity contribution in [3.05, 3.63) is 35.9 Å². The Labute approximate surface area is 140 Å². The standard InChI is InChI=1S/C18H20N2O4/c1-10(21)11-5-7-13-14(9-11)20-18(19-13)12-6-8-15(22-2)17(24-4)16(12)23-3/h5-10,21H,1-4H3,(H,19,20). The molecular weight excluding hydrogens is 308 g/mol. The Morgan fingerprint density at radius 3 is 2.38 bits per heavy atom. The number of ether oxygens (including phenoxy) is 3. The second-order valence-electron chi connectivity index (χ2n) is 5.42. The van der Waals surface area contributed by atoms with Crippen LogP contribution in [0.3, 0.4) is 0 Å². The number of aliphatic hydroxyl groups is 1. The Hall–Kier alpha value is -2.73. The lowest BCUT2D eigenvalue weighted by atomic mass is 10.1. The average molecular weight is 328 g/mol. The second-order valence-corrected chi connectivity index (χ2v) is 5.42. The summed E-state index contributed by atoms with van der Waals surface area (Å²) in [6, 6.07) is 9.32. The lowest BCUT2D eigenvalue weighted by Crippen LogP contribution is -1.97. The molecule has 0 aliphatic carbocycles. The highest BCUT2D eigenvalue weighted by molar-refractivity contribution is 5.82. The van der Waals surface area contributed by atoms with E-state index in [2.05, 4.69) is 9.97 Å². The van der Waals surface area contributed by atoms with Gasteiger partial charge < -0.3 is 24.3 Å². The lowest BCUT2D eigenvalue weighted by Gasteiger charge is -2.14. The summed E-state index contributed by atoms with van der Waals surface area (Å²) in [4.78, 5) is 7.88. The van der Waals surface area contributed by atoms with Gasteiger partial charge in [0.25, 0.3) is 0 Å². The lowest BCUT2D eigenvalue weighted by molar-refractivity contribution is 0.199. The first-order chi connectivity index (χ1) is 11.6. The van der Waals surface area contributed by atoms with Crippen molar-refractivity contribution in [2.24, 2.45) is 0 Å². The maximum Gasteiger partial charge on any atom is 0.204 e. The van der Waals surface area contributed by atoms with Crippen LogP contribution in [0.2, 0.25) is 0 Å². The van der Waals surface area contributed by atoms with E-state index in [0.717, 1.165) is 22.2 Å². The fourth-order valence-corrected chi connectivity index (χ4v) is 2.70. The van der Waals surface area contributed by atoms with E-state index in [1.807, 2.05) is 30.3 Å². The van der Waals surface area contributed by atoms with Crippen molar-refractivity contribution in [2.75, 3.05) is 21.3 Å². The van der Waals surface area contributed by atoms with E-state index in [9.17, 15) is 5.11 Å². The fraction of sp³-hybridized carbons (Fsp3) is 0.278. The van der Waals surface area contributed by atoms with E-state index in [0.29, 0.717) is 23.1 Å². The van der Waals surface area contributed by atoms with Crippen LogP contribution >= 0.6 is 0 Å². The summed E-state index contributed by atoms with van der Waals surface area (Å²) < 4.78 is 16.2. The number of hydrogen-bond acceptors (Lipinski definition) is 5. The number of imidazole rings is 1. The number of benzene rings is 2. The molecule has 3 aromatic rings. The monoisotopic (exact) mass is 328 g/mol. The van der Waals surface area contributed by atoms with Crippen LogP contribution in [0.5, 0.6) is 17.2 Å². The van der Waals surface area contributed by atoms with Crippen LogP contribution in [-0.2, 0) is 0 Å². The molecular formula is C18H20N2O4. The maximum absolute atomic E-state index is 9.73. The van der Waals surface area contributed by atoms with Crippen LogP contribution in [0.25, 0.3) is 22.4 Å². The molecule has 6 nitrogen and oxygen atoms in total. The van der Waals surface area contributed by atoms with Crippen LogP contribution in [0.4, 0.5) is 0 Å². The van der Waals surface area contributed by atoms with Crippen LogP contribution in [0.15, 0.2) is 30.3 Å². The number of aliphatic hydroxyl groups excluding tert-OH is 1. The Morgan fingerprint density at radius 2 is 1.75 bits per heavy atom. The number of rotatable bonds is 5. The maximum atomic E-state index is 9.73. The van der Waals surface area contributed by atoms with Gasteiger partial charge in [0.2, 0.25) is 5.75 Å². The normalized spacial score (nSPS) is 12.2. The predicted octanol–water partition coefficient (Wildman–Crippen LogP) is 3.31. The molecule has 0 bridgehead atoms. The Morgan fingerprint density at radius 1 is 1.00 bits per heavy atom. The van der Waals surface area contributed by atoms with Gasteiger partial charge >= 0.3 is 0 Å². The van der Waals surface area contributed by atoms with Crippen molar-refractivity contribution in [3.63, 3.8) is 0 Å². The van der Waals surface area contributed by atoms with Gasteiger partial charge in [0.15, 0.2) is 11.5 Å². The van der Waals surface area contributed by atoms with Crippen LogP contribution in [0.1, 0.15) is 18.6 Å². The molecule has 3 rings (SSSR count). The number of aromatic amines is 1. The van der Waals surface area contributed by atoms with Crippen molar-refractivity contribution in [1.29, 1.82) is 0 Å². The SMILES string of the molecule is COc1ccc(-c2nc3ccc(C(C)O)cc3[nH]2)c(OC)c1OC. The molecule has 0 aliphatic rings. The minimum Gasteiger partial charge on any atom is -0.493 e. The van der Waals surface area contributed by atoms with Gasteiger partial charge in [0, 0.05) is 0 Å². The van der Waals surface area contributed by atoms with Crippen LogP contribution in [-0.4, -0.2) is 36.4 Å². The largest absolute Gasteiger partial charge is 0.493 e. The summed E-state index contributed by atoms with van der Waals surface area (Å²) in [6.07, 6.45) is -0.531. The van der Waals surface area contributed by atoms with Gasteiger partial charge in [0.1, 0.15) is 5.82 Å². The van der Waals surface area contributed by atoms with E-state index in [4.69, 9.17) is 14.2 Å². The highest BCUT2D eigenvalue weighted by atomic mass is 16.5. The minimum atomic E-state index is -0.531. The third-order valence-electron chi connectivity index (χ3n) is 3.95. The molecule has 6 heteroatoms. The van der Waals surface area contributed by atoms with Crippen molar-refractivity contribution < 1.29 is 19.3 Å². The molecule has 0 spiro atoms. The molecule has 126 valence electrons. The molecule has 1 unspecified atom stereocenters. The van der Waals surface area contributed by atoms with Crippen molar-refractivity contribution >= 4 is 11.0 Å². The van der Waals surface area contributed by atoms with Crippen LogP contribution in [0, 0.1) is 0 Å². The number of hydrogen-bond donors (Lipinski definition) is 2. The highest BCUT2D eigenvalue weighted by Crippen LogP contribution is 2.43. The molecule has 0 fully saturated rings. The van der Waals surface area contributed by atoms with Crippen LogP contribution < -0.4 is 14.2 Å². The van der Waals surface area contributed by atoms with Gasteiger partial charge in [-0.1, -0.05) is 6.07 Å². The van der Waals surface area contributed by atoms with E-state index in [1.165, 1.54) is 0 Å². The third kappa shape index (κ3) is 2.65. The first-order valence-corrected chi connectivity index (χ1v) is 7.56. The minimum absolute atomic E-state index is 0.516. The molecule has 1 atom stereocenters. The summed E-state index contributed by atoms with van der Waals surface area (Å²) in [7, 11) is 4.72. The summed E-state index contributed by atoms with van der Waals surface area (Å²) in [5.41, 5.74) is 3.26. The summed E-state index contributed by atoms with van der Waals surface area (Å²) in [6.45, 7) is 1.73. The molecule has 0 saturated heterocycles.